The van der Waals surface area contributed by atoms with Crippen molar-refractivity contribution in [2.75, 3.05) is 24.6 Å². The first kappa shape index (κ1) is 14.8. The van der Waals surface area contributed by atoms with Crippen molar-refractivity contribution in [3.05, 3.63) is 28.2 Å². The third kappa shape index (κ3) is 3.48. The van der Waals surface area contributed by atoms with E-state index in [0.717, 1.165) is 22.3 Å². The van der Waals surface area contributed by atoms with Crippen molar-refractivity contribution in [2.24, 2.45) is 0 Å². The molecule has 1 aliphatic heterocycles. The van der Waals surface area contributed by atoms with E-state index in [1.807, 2.05) is 25.1 Å². The number of ether oxygens (including phenoxy) is 1. The van der Waals surface area contributed by atoms with Gasteiger partial charge in [0, 0.05) is 23.2 Å². The molecule has 1 heterocycles. The first-order valence-corrected chi connectivity index (χ1v) is 7.29. The maximum Gasteiger partial charge on any atom is 0.0984 e. The Morgan fingerprint density at radius 3 is 2.79 bits per heavy atom. The van der Waals surface area contributed by atoms with Gasteiger partial charge in [0.25, 0.3) is 0 Å². The number of hydrogen-bond acceptors (Lipinski definition) is 4. The zero-order chi connectivity index (χ0) is 14.0. The van der Waals surface area contributed by atoms with E-state index >= 15 is 0 Å². The Labute approximate surface area is 122 Å². The SMILES string of the molecule is CC1CN(c2ccc([C@@H](C)O)c(Br)c2)CC(CO)O1. The predicted molar refractivity (Wildman–Crippen MR) is 78.4 cm³/mol. The summed E-state index contributed by atoms with van der Waals surface area (Å²) in [6, 6.07) is 5.94. The largest absolute Gasteiger partial charge is 0.394 e. The summed E-state index contributed by atoms with van der Waals surface area (Å²) in [5, 5.41) is 18.9. The van der Waals surface area contributed by atoms with Gasteiger partial charge in [0.1, 0.15) is 0 Å². The molecule has 1 aliphatic rings. The molecule has 3 atom stereocenters. The fourth-order valence-electron chi connectivity index (χ4n) is 2.41. The van der Waals surface area contributed by atoms with Gasteiger partial charge in [-0.05, 0) is 31.5 Å². The zero-order valence-corrected chi connectivity index (χ0v) is 12.8. The van der Waals surface area contributed by atoms with Crippen LogP contribution in [-0.2, 0) is 4.74 Å². The van der Waals surface area contributed by atoms with E-state index in [-0.39, 0.29) is 18.8 Å². The van der Waals surface area contributed by atoms with Gasteiger partial charge < -0.3 is 19.8 Å². The highest BCUT2D eigenvalue weighted by Crippen LogP contribution is 2.29. The second kappa shape index (κ2) is 6.22. The average molecular weight is 330 g/mol. The van der Waals surface area contributed by atoms with Crippen molar-refractivity contribution in [2.45, 2.75) is 32.2 Å². The number of nitrogens with zero attached hydrogens (tertiary/aromatic N) is 1. The maximum atomic E-state index is 9.63. The smallest absolute Gasteiger partial charge is 0.0984 e. The molecule has 1 saturated heterocycles. The Morgan fingerprint density at radius 2 is 2.21 bits per heavy atom. The number of benzene rings is 1. The summed E-state index contributed by atoms with van der Waals surface area (Å²) in [6.45, 7) is 5.28. The van der Waals surface area contributed by atoms with E-state index in [1.165, 1.54) is 0 Å². The van der Waals surface area contributed by atoms with E-state index < -0.39 is 6.10 Å². The second-order valence-corrected chi connectivity index (χ2v) is 5.89. The molecule has 19 heavy (non-hydrogen) atoms. The standard InChI is InChI=1S/C14H20BrNO3/c1-9-6-16(7-12(8-17)19-9)11-3-4-13(10(2)18)14(15)5-11/h3-5,9-10,12,17-18H,6-8H2,1-2H3/t9?,10-,12?/m1/s1. The molecular weight excluding hydrogens is 310 g/mol. The molecule has 2 unspecified atom stereocenters. The molecule has 0 radical (unpaired) electrons. The summed E-state index contributed by atoms with van der Waals surface area (Å²) in [7, 11) is 0. The van der Waals surface area contributed by atoms with Crippen LogP contribution in [-0.4, -0.2) is 42.1 Å². The normalized spacial score (nSPS) is 25.4. The molecule has 5 heteroatoms. The summed E-state index contributed by atoms with van der Waals surface area (Å²) in [6.07, 6.45) is -0.530. The Morgan fingerprint density at radius 1 is 1.47 bits per heavy atom. The Kier molecular flexibility index (Phi) is 4.84. The minimum atomic E-state index is -0.489. The van der Waals surface area contributed by atoms with Crippen LogP contribution >= 0.6 is 15.9 Å². The summed E-state index contributed by atoms with van der Waals surface area (Å²) in [5.74, 6) is 0. The lowest BCUT2D eigenvalue weighted by molar-refractivity contribution is -0.0421. The summed E-state index contributed by atoms with van der Waals surface area (Å²) >= 11 is 3.49. The van der Waals surface area contributed by atoms with Crippen LogP contribution in [0.4, 0.5) is 5.69 Å². The van der Waals surface area contributed by atoms with Gasteiger partial charge in [-0.15, -0.1) is 0 Å². The van der Waals surface area contributed by atoms with Gasteiger partial charge in [-0.25, -0.2) is 0 Å². The number of anilines is 1. The fraction of sp³-hybridized carbons (Fsp3) is 0.571. The van der Waals surface area contributed by atoms with Gasteiger partial charge in [0.15, 0.2) is 0 Å². The molecule has 0 aromatic heterocycles. The van der Waals surface area contributed by atoms with Gasteiger partial charge in [0.2, 0.25) is 0 Å². The van der Waals surface area contributed by atoms with Crippen molar-refractivity contribution in [1.29, 1.82) is 0 Å². The minimum absolute atomic E-state index is 0.0355. The van der Waals surface area contributed by atoms with E-state index in [0.29, 0.717) is 6.54 Å². The topological polar surface area (TPSA) is 52.9 Å². The minimum Gasteiger partial charge on any atom is -0.394 e. The molecule has 1 fully saturated rings. The summed E-state index contributed by atoms with van der Waals surface area (Å²) in [5.41, 5.74) is 1.95. The van der Waals surface area contributed by atoms with Crippen LogP contribution < -0.4 is 4.90 Å². The highest BCUT2D eigenvalue weighted by Gasteiger charge is 2.25. The third-order valence-corrected chi connectivity index (χ3v) is 4.02. The van der Waals surface area contributed by atoms with Crippen molar-refractivity contribution < 1.29 is 14.9 Å². The van der Waals surface area contributed by atoms with Crippen molar-refractivity contribution in [3.63, 3.8) is 0 Å². The van der Waals surface area contributed by atoms with Crippen LogP contribution in [0.3, 0.4) is 0 Å². The summed E-state index contributed by atoms with van der Waals surface area (Å²) < 4.78 is 6.54. The zero-order valence-electron chi connectivity index (χ0n) is 11.2. The quantitative estimate of drug-likeness (QED) is 0.891. The molecule has 2 N–H and O–H groups in total. The van der Waals surface area contributed by atoms with E-state index in [2.05, 4.69) is 20.8 Å². The summed E-state index contributed by atoms with van der Waals surface area (Å²) in [4.78, 5) is 2.20. The lowest BCUT2D eigenvalue weighted by Crippen LogP contribution is -2.48. The van der Waals surface area contributed by atoms with E-state index in [9.17, 15) is 10.2 Å². The number of aliphatic hydroxyl groups excluding tert-OH is 2. The van der Waals surface area contributed by atoms with Gasteiger partial charge in [-0.2, -0.15) is 0 Å². The molecule has 0 spiro atoms. The lowest BCUT2D eigenvalue weighted by Gasteiger charge is -2.37. The van der Waals surface area contributed by atoms with Gasteiger partial charge >= 0.3 is 0 Å². The molecule has 4 nitrogen and oxygen atoms in total. The van der Waals surface area contributed by atoms with Crippen LogP contribution in [0.15, 0.2) is 22.7 Å². The van der Waals surface area contributed by atoms with Crippen LogP contribution in [0.25, 0.3) is 0 Å². The number of rotatable bonds is 3. The predicted octanol–water partition coefficient (Wildman–Crippen LogP) is 2.09. The van der Waals surface area contributed by atoms with Gasteiger partial charge in [-0.3, -0.25) is 0 Å². The van der Waals surface area contributed by atoms with Crippen LogP contribution in [0, 0.1) is 0 Å². The number of hydrogen-bond donors (Lipinski definition) is 2. The van der Waals surface area contributed by atoms with Gasteiger partial charge in [-0.1, -0.05) is 22.0 Å². The van der Waals surface area contributed by atoms with Crippen molar-refractivity contribution in [1.82, 2.24) is 0 Å². The monoisotopic (exact) mass is 329 g/mol. The highest BCUT2D eigenvalue weighted by molar-refractivity contribution is 9.10. The van der Waals surface area contributed by atoms with Crippen LogP contribution in [0.1, 0.15) is 25.5 Å². The molecule has 0 saturated carbocycles. The fourth-order valence-corrected chi connectivity index (χ4v) is 3.11. The first-order valence-electron chi connectivity index (χ1n) is 6.50. The number of halogens is 1. The molecule has 106 valence electrons. The molecule has 1 aromatic rings. The lowest BCUT2D eigenvalue weighted by atomic mass is 10.1. The second-order valence-electron chi connectivity index (χ2n) is 5.04. The molecule has 2 rings (SSSR count). The van der Waals surface area contributed by atoms with E-state index in [1.54, 1.807) is 6.92 Å². The van der Waals surface area contributed by atoms with Crippen molar-refractivity contribution >= 4 is 21.6 Å². The molecule has 0 amide bonds. The van der Waals surface area contributed by atoms with Crippen LogP contribution in [0.5, 0.6) is 0 Å². The number of morpholine rings is 1. The molecule has 0 aliphatic carbocycles. The average Bonchev–Trinajstić information content (AvgIpc) is 2.37. The number of aliphatic hydroxyl groups is 2. The Bertz CT molecular complexity index is 439. The molecule has 0 bridgehead atoms. The molecule has 1 aromatic carbocycles. The third-order valence-electron chi connectivity index (χ3n) is 3.33. The highest BCUT2D eigenvalue weighted by atomic mass is 79.9. The van der Waals surface area contributed by atoms with Crippen molar-refractivity contribution in [3.8, 4) is 0 Å². The van der Waals surface area contributed by atoms with Crippen LogP contribution in [0.2, 0.25) is 0 Å². The Hall–Kier alpha value is -0.620. The maximum absolute atomic E-state index is 9.63. The van der Waals surface area contributed by atoms with Gasteiger partial charge in [0.05, 0.1) is 24.9 Å². The van der Waals surface area contributed by atoms with E-state index in [4.69, 9.17) is 4.74 Å². The molecular formula is C14H20BrNO3. The first-order chi connectivity index (χ1) is 9.01. The Balaban J connectivity index is 2.19.